The van der Waals surface area contributed by atoms with E-state index in [2.05, 4.69) is 27.4 Å². The van der Waals surface area contributed by atoms with Gasteiger partial charge in [-0.1, -0.05) is 23.4 Å². The number of halogens is 1. The van der Waals surface area contributed by atoms with Crippen LogP contribution < -0.4 is 0 Å². The molecule has 29 heavy (non-hydrogen) atoms. The molecule has 0 saturated heterocycles. The predicted octanol–water partition coefficient (Wildman–Crippen LogP) is 4.36. The van der Waals surface area contributed by atoms with E-state index in [0.717, 1.165) is 17.1 Å². The first-order valence-corrected chi connectivity index (χ1v) is 11.4. The molecule has 0 aliphatic rings. The molecule has 1 amide bonds. The lowest BCUT2D eigenvalue weighted by molar-refractivity contribution is -0.127. The van der Waals surface area contributed by atoms with Crippen molar-refractivity contribution in [3.8, 4) is 5.69 Å². The van der Waals surface area contributed by atoms with Crippen LogP contribution in [0, 0.1) is 0 Å². The van der Waals surface area contributed by atoms with Crippen LogP contribution in [0.5, 0.6) is 0 Å². The van der Waals surface area contributed by atoms with Crippen LogP contribution in [0.15, 0.2) is 46.2 Å². The van der Waals surface area contributed by atoms with Crippen molar-refractivity contribution >= 4 is 40.6 Å². The van der Waals surface area contributed by atoms with Crippen LogP contribution >= 0.6 is 34.7 Å². The second-order valence-electron chi connectivity index (χ2n) is 6.96. The van der Waals surface area contributed by atoms with E-state index in [9.17, 15) is 4.79 Å². The fourth-order valence-electron chi connectivity index (χ4n) is 2.69. The largest absolute Gasteiger partial charge is 0.341 e. The van der Waals surface area contributed by atoms with Crippen molar-refractivity contribution < 1.29 is 4.79 Å². The fourth-order valence-corrected chi connectivity index (χ4v) is 4.38. The molecule has 0 spiro atoms. The Morgan fingerprint density at radius 3 is 2.55 bits per heavy atom. The van der Waals surface area contributed by atoms with Gasteiger partial charge in [-0.25, -0.2) is 0 Å². The smallest absolute Gasteiger partial charge is 0.233 e. The van der Waals surface area contributed by atoms with E-state index in [1.54, 1.807) is 16.2 Å². The molecule has 3 aromatic rings. The van der Waals surface area contributed by atoms with E-state index in [-0.39, 0.29) is 11.9 Å². The zero-order valence-corrected chi connectivity index (χ0v) is 19.3. The quantitative estimate of drug-likeness (QED) is 0.478. The van der Waals surface area contributed by atoms with Crippen molar-refractivity contribution in [3.63, 3.8) is 0 Å². The van der Waals surface area contributed by atoms with Crippen LogP contribution in [0.4, 0.5) is 0 Å². The summed E-state index contributed by atoms with van der Waals surface area (Å²) in [6.07, 6.45) is 0. The lowest BCUT2D eigenvalue weighted by atomic mass is 10.2. The minimum Gasteiger partial charge on any atom is -0.341 e. The first kappa shape index (κ1) is 21.8. The number of thiophene rings is 1. The Balaban J connectivity index is 1.79. The third kappa shape index (κ3) is 5.39. The molecule has 0 fully saturated rings. The molecule has 1 aromatic carbocycles. The average Bonchev–Trinajstić information content (AvgIpc) is 3.35. The molecule has 6 nitrogen and oxygen atoms in total. The number of carbonyl (C=O) groups is 1. The predicted molar refractivity (Wildman–Crippen MR) is 120 cm³/mol. The van der Waals surface area contributed by atoms with E-state index in [4.69, 9.17) is 11.6 Å². The maximum absolute atomic E-state index is 12.6. The lowest BCUT2D eigenvalue weighted by Gasteiger charge is -2.20. The molecule has 0 bridgehead atoms. The van der Waals surface area contributed by atoms with E-state index in [1.807, 2.05) is 61.4 Å². The number of aromatic nitrogens is 3. The number of rotatable bonds is 8. The minimum atomic E-state index is 0.0501. The molecule has 154 valence electrons. The summed E-state index contributed by atoms with van der Waals surface area (Å²) in [5, 5.41) is 14.2. The Bertz CT molecular complexity index is 940. The topological polar surface area (TPSA) is 54.3 Å². The number of hydrogen-bond donors (Lipinski definition) is 0. The Hall–Kier alpha value is -1.87. The first-order valence-electron chi connectivity index (χ1n) is 9.12. The molecule has 2 heterocycles. The number of hydrogen-bond acceptors (Lipinski definition) is 6. The van der Waals surface area contributed by atoms with Crippen LogP contribution in [0.2, 0.25) is 5.02 Å². The van der Waals surface area contributed by atoms with Crippen molar-refractivity contribution in [2.24, 2.45) is 0 Å². The third-order valence-electron chi connectivity index (χ3n) is 4.64. The summed E-state index contributed by atoms with van der Waals surface area (Å²) >= 11 is 9.09. The number of carbonyl (C=O) groups excluding carboxylic acids is 1. The molecule has 0 aliphatic carbocycles. The number of benzene rings is 1. The highest BCUT2D eigenvalue weighted by Crippen LogP contribution is 2.27. The molecule has 9 heteroatoms. The third-order valence-corrected chi connectivity index (χ3v) is 6.54. The molecule has 1 unspecified atom stereocenters. The molecule has 0 aliphatic heterocycles. The van der Waals surface area contributed by atoms with Crippen molar-refractivity contribution in [1.29, 1.82) is 0 Å². The van der Waals surface area contributed by atoms with Crippen molar-refractivity contribution in [1.82, 2.24) is 24.6 Å². The molecule has 2 aromatic heterocycles. The van der Waals surface area contributed by atoms with Gasteiger partial charge in [0.05, 0.1) is 11.8 Å². The van der Waals surface area contributed by atoms with E-state index < -0.39 is 0 Å². The Kier molecular flexibility index (Phi) is 7.34. The zero-order valence-electron chi connectivity index (χ0n) is 16.9. The van der Waals surface area contributed by atoms with Gasteiger partial charge in [-0.05, 0) is 67.7 Å². The monoisotopic (exact) mass is 449 g/mol. The minimum absolute atomic E-state index is 0.0501. The first-order chi connectivity index (χ1) is 13.9. The normalized spacial score (nSPS) is 12.3. The Labute approximate surface area is 184 Å². The molecule has 1 atom stereocenters. The molecule has 3 rings (SSSR count). The van der Waals surface area contributed by atoms with Gasteiger partial charge in [-0.15, -0.1) is 10.2 Å². The van der Waals surface area contributed by atoms with Crippen molar-refractivity contribution in [3.05, 3.63) is 57.5 Å². The molecule has 0 saturated carbocycles. The second-order valence-corrected chi connectivity index (χ2v) is 9.12. The summed E-state index contributed by atoms with van der Waals surface area (Å²) in [6, 6.07) is 9.65. The maximum atomic E-state index is 12.6. The van der Waals surface area contributed by atoms with Crippen LogP contribution in [-0.4, -0.2) is 57.4 Å². The standard InChI is InChI=1S/C20H24ClN5OS2/c1-14(24(2)3)19-22-23-20(26(19)17-7-5-16(21)6-8-17)29-13-18(27)25(4)11-15-9-10-28-12-15/h5-10,12,14H,11,13H2,1-4H3. The lowest BCUT2D eigenvalue weighted by Crippen LogP contribution is -2.27. The van der Waals surface area contributed by atoms with Gasteiger partial charge in [0.1, 0.15) is 0 Å². The van der Waals surface area contributed by atoms with Crippen LogP contribution in [0.1, 0.15) is 24.4 Å². The highest BCUT2D eigenvalue weighted by atomic mass is 35.5. The molecular formula is C20H24ClN5OS2. The van der Waals surface area contributed by atoms with Crippen molar-refractivity contribution in [2.45, 2.75) is 24.7 Å². The van der Waals surface area contributed by atoms with E-state index >= 15 is 0 Å². The van der Waals surface area contributed by atoms with E-state index in [0.29, 0.717) is 22.5 Å². The summed E-state index contributed by atoms with van der Waals surface area (Å²) in [6.45, 7) is 2.68. The zero-order chi connectivity index (χ0) is 21.0. The summed E-state index contributed by atoms with van der Waals surface area (Å²) in [5.41, 5.74) is 2.06. The molecular weight excluding hydrogens is 426 g/mol. The van der Waals surface area contributed by atoms with Gasteiger partial charge < -0.3 is 4.90 Å². The molecule has 0 radical (unpaired) electrons. The highest BCUT2D eigenvalue weighted by Gasteiger charge is 2.22. The van der Waals surface area contributed by atoms with Gasteiger partial charge in [-0.3, -0.25) is 14.3 Å². The number of thioether (sulfide) groups is 1. The van der Waals surface area contributed by atoms with Crippen LogP contribution in [0.3, 0.4) is 0 Å². The summed E-state index contributed by atoms with van der Waals surface area (Å²) < 4.78 is 2.00. The van der Waals surface area contributed by atoms with Gasteiger partial charge in [0.15, 0.2) is 11.0 Å². The Morgan fingerprint density at radius 1 is 1.21 bits per heavy atom. The number of amides is 1. The second kappa shape index (κ2) is 9.75. The fraction of sp³-hybridized carbons (Fsp3) is 0.350. The Morgan fingerprint density at radius 2 is 1.93 bits per heavy atom. The van der Waals surface area contributed by atoms with Gasteiger partial charge in [-0.2, -0.15) is 11.3 Å². The van der Waals surface area contributed by atoms with Gasteiger partial charge in [0, 0.05) is 24.3 Å². The van der Waals surface area contributed by atoms with Crippen molar-refractivity contribution in [2.75, 3.05) is 26.9 Å². The van der Waals surface area contributed by atoms with Crippen LogP contribution in [-0.2, 0) is 11.3 Å². The highest BCUT2D eigenvalue weighted by molar-refractivity contribution is 7.99. The number of nitrogens with zero attached hydrogens (tertiary/aromatic N) is 5. The van der Waals surface area contributed by atoms with Gasteiger partial charge >= 0.3 is 0 Å². The summed E-state index contributed by atoms with van der Waals surface area (Å²) in [5.74, 6) is 1.16. The van der Waals surface area contributed by atoms with Gasteiger partial charge in [0.2, 0.25) is 5.91 Å². The summed E-state index contributed by atoms with van der Waals surface area (Å²) in [4.78, 5) is 16.4. The molecule has 0 N–H and O–H groups in total. The van der Waals surface area contributed by atoms with E-state index in [1.165, 1.54) is 11.8 Å². The maximum Gasteiger partial charge on any atom is 0.233 e. The SMILES string of the molecule is CC(c1nnc(SCC(=O)N(C)Cc2ccsc2)n1-c1ccc(Cl)cc1)N(C)C. The summed E-state index contributed by atoms with van der Waals surface area (Å²) in [7, 11) is 5.83. The van der Waals surface area contributed by atoms with Gasteiger partial charge in [0.25, 0.3) is 0 Å². The van der Waals surface area contributed by atoms with Crippen LogP contribution in [0.25, 0.3) is 5.69 Å². The average molecular weight is 450 g/mol.